The number of rotatable bonds is 2. The smallest absolute Gasteiger partial charge is 0.328 e. The monoisotopic (exact) mass is 232 g/mol. The number of ether oxygens (including phenoxy) is 1. The van der Waals surface area contributed by atoms with Crippen molar-refractivity contribution in [2.75, 3.05) is 7.11 Å². The predicted molar refractivity (Wildman–Crippen MR) is 66.1 cm³/mol. The molecule has 1 aliphatic carbocycles. The molecule has 0 amide bonds. The second kappa shape index (κ2) is 4.62. The van der Waals surface area contributed by atoms with E-state index in [0.717, 1.165) is 29.7 Å². The molecule has 1 aromatic rings. The number of hydrogen-bond acceptors (Lipinski definition) is 2. The summed E-state index contributed by atoms with van der Waals surface area (Å²) in [6.07, 6.45) is 3.29. The lowest BCUT2D eigenvalue weighted by Crippen LogP contribution is -2.12. The fourth-order valence-corrected chi connectivity index (χ4v) is 2.33. The highest BCUT2D eigenvalue weighted by Gasteiger charge is 2.21. The number of carboxylic acids is 1. The third kappa shape index (κ3) is 2.33. The first-order valence-corrected chi connectivity index (χ1v) is 5.73. The Labute approximate surface area is 101 Å². The van der Waals surface area contributed by atoms with E-state index in [1.807, 2.05) is 18.2 Å². The van der Waals surface area contributed by atoms with Crippen LogP contribution in [0.2, 0.25) is 0 Å². The quantitative estimate of drug-likeness (QED) is 0.797. The molecule has 1 unspecified atom stereocenters. The zero-order chi connectivity index (χ0) is 12.4. The molecule has 0 aliphatic heterocycles. The molecule has 1 atom stereocenters. The SMILES string of the molecule is COc1ccc2c(c1)CCC(C)/C2=C\C(=O)O. The van der Waals surface area contributed by atoms with E-state index in [9.17, 15) is 4.79 Å². The summed E-state index contributed by atoms with van der Waals surface area (Å²) in [7, 11) is 1.64. The Hall–Kier alpha value is -1.77. The highest BCUT2D eigenvalue weighted by Crippen LogP contribution is 2.36. The summed E-state index contributed by atoms with van der Waals surface area (Å²) in [5, 5.41) is 8.91. The third-order valence-electron chi connectivity index (χ3n) is 3.28. The van der Waals surface area contributed by atoms with Crippen LogP contribution < -0.4 is 4.74 Å². The highest BCUT2D eigenvalue weighted by atomic mass is 16.5. The van der Waals surface area contributed by atoms with Gasteiger partial charge in [-0.25, -0.2) is 4.79 Å². The van der Waals surface area contributed by atoms with E-state index in [1.54, 1.807) is 7.11 Å². The van der Waals surface area contributed by atoms with Gasteiger partial charge in [-0.05, 0) is 47.6 Å². The van der Waals surface area contributed by atoms with E-state index in [2.05, 4.69) is 6.92 Å². The van der Waals surface area contributed by atoms with E-state index < -0.39 is 5.97 Å². The maximum absolute atomic E-state index is 10.8. The van der Waals surface area contributed by atoms with Crippen LogP contribution in [0.25, 0.3) is 5.57 Å². The summed E-state index contributed by atoms with van der Waals surface area (Å²) in [5.41, 5.74) is 3.14. The first-order valence-electron chi connectivity index (χ1n) is 5.73. The Kier molecular flexibility index (Phi) is 3.18. The molecular weight excluding hydrogens is 216 g/mol. The van der Waals surface area contributed by atoms with Gasteiger partial charge in [0, 0.05) is 6.08 Å². The van der Waals surface area contributed by atoms with Crippen molar-refractivity contribution in [2.45, 2.75) is 19.8 Å². The molecule has 0 fully saturated rings. The molecule has 0 spiro atoms. The van der Waals surface area contributed by atoms with E-state index in [4.69, 9.17) is 9.84 Å². The van der Waals surface area contributed by atoms with Crippen molar-refractivity contribution in [3.8, 4) is 5.75 Å². The average Bonchev–Trinajstić information content (AvgIpc) is 2.32. The molecule has 0 radical (unpaired) electrons. The molecule has 0 saturated heterocycles. The molecule has 0 aromatic heterocycles. The van der Waals surface area contributed by atoms with Gasteiger partial charge in [-0.15, -0.1) is 0 Å². The van der Waals surface area contributed by atoms with Crippen molar-refractivity contribution >= 4 is 11.5 Å². The normalized spacial score (nSPS) is 21.1. The summed E-state index contributed by atoms with van der Waals surface area (Å²) in [5.74, 6) is 0.246. The zero-order valence-corrected chi connectivity index (χ0v) is 10.1. The number of carboxylic acid groups (broad SMARTS) is 1. The Morgan fingerprint density at radius 3 is 2.94 bits per heavy atom. The Bertz CT molecular complexity index is 474. The zero-order valence-electron chi connectivity index (χ0n) is 10.1. The van der Waals surface area contributed by atoms with Crippen LogP contribution in [0.4, 0.5) is 0 Å². The molecule has 1 aromatic carbocycles. The largest absolute Gasteiger partial charge is 0.497 e. The number of aryl methyl sites for hydroxylation is 1. The molecule has 0 bridgehead atoms. The number of benzene rings is 1. The number of carbonyl (C=O) groups is 1. The van der Waals surface area contributed by atoms with Crippen LogP contribution in [0, 0.1) is 5.92 Å². The number of methoxy groups -OCH3 is 1. The van der Waals surface area contributed by atoms with Gasteiger partial charge in [0.2, 0.25) is 0 Å². The summed E-state index contributed by atoms with van der Waals surface area (Å²) in [6, 6.07) is 5.84. The number of allylic oxidation sites excluding steroid dienone is 1. The molecule has 90 valence electrons. The Morgan fingerprint density at radius 1 is 1.53 bits per heavy atom. The molecule has 3 heteroatoms. The van der Waals surface area contributed by atoms with Crippen LogP contribution in [-0.2, 0) is 11.2 Å². The molecule has 0 saturated carbocycles. The molecule has 1 N–H and O–H groups in total. The predicted octanol–water partition coefficient (Wildman–Crippen LogP) is 2.75. The van der Waals surface area contributed by atoms with Crippen LogP contribution in [0.5, 0.6) is 5.75 Å². The van der Waals surface area contributed by atoms with Gasteiger partial charge in [0.15, 0.2) is 0 Å². The van der Waals surface area contributed by atoms with Crippen LogP contribution >= 0.6 is 0 Å². The first kappa shape index (κ1) is 11.7. The van der Waals surface area contributed by atoms with Gasteiger partial charge < -0.3 is 9.84 Å². The molecule has 0 heterocycles. The standard InChI is InChI=1S/C14H16O3/c1-9-3-4-10-7-11(17-2)5-6-12(10)13(9)8-14(15)16/h5-9H,3-4H2,1-2H3,(H,15,16)/b13-8+. The number of fused-ring (bicyclic) bond motifs is 1. The summed E-state index contributed by atoms with van der Waals surface area (Å²) in [6.45, 7) is 2.07. The lowest BCUT2D eigenvalue weighted by Gasteiger charge is -2.25. The van der Waals surface area contributed by atoms with Gasteiger partial charge >= 0.3 is 5.97 Å². The van der Waals surface area contributed by atoms with Gasteiger partial charge in [0.1, 0.15) is 5.75 Å². The molecular formula is C14H16O3. The highest BCUT2D eigenvalue weighted by molar-refractivity contribution is 5.91. The minimum Gasteiger partial charge on any atom is -0.497 e. The molecule has 1 aliphatic rings. The Morgan fingerprint density at radius 2 is 2.29 bits per heavy atom. The van der Waals surface area contributed by atoms with Crippen LogP contribution in [0.3, 0.4) is 0 Å². The van der Waals surface area contributed by atoms with Crippen molar-refractivity contribution in [3.05, 3.63) is 35.4 Å². The van der Waals surface area contributed by atoms with Gasteiger partial charge in [-0.2, -0.15) is 0 Å². The van der Waals surface area contributed by atoms with Gasteiger partial charge in [-0.3, -0.25) is 0 Å². The molecule has 3 nitrogen and oxygen atoms in total. The minimum absolute atomic E-state index is 0.298. The van der Waals surface area contributed by atoms with Crippen molar-refractivity contribution in [3.63, 3.8) is 0 Å². The van der Waals surface area contributed by atoms with Crippen molar-refractivity contribution in [2.24, 2.45) is 5.92 Å². The number of aliphatic carboxylic acids is 1. The number of hydrogen-bond donors (Lipinski definition) is 1. The van der Waals surface area contributed by atoms with Gasteiger partial charge in [-0.1, -0.05) is 13.0 Å². The third-order valence-corrected chi connectivity index (χ3v) is 3.28. The van der Waals surface area contributed by atoms with Crippen molar-refractivity contribution in [1.82, 2.24) is 0 Å². The Balaban J connectivity index is 2.49. The van der Waals surface area contributed by atoms with Crippen molar-refractivity contribution < 1.29 is 14.6 Å². The maximum atomic E-state index is 10.8. The van der Waals surface area contributed by atoms with Crippen LogP contribution in [0.1, 0.15) is 24.5 Å². The average molecular weight is 232 g/mol. The van der Waals surface area contributed by atoms with E-state index in [1.165, 1.54) is 11.6 Å². The fourth-order valence-electron chi connectivity index (χ4n) is 2.33. The summed E-state index contributed by atoms with van der Waals surface area (Å²) >= 11 is 0. The second-order valence-corrected chi connectivity index (χ2v) is 4.40. The van der Waals surface area contributed by atoms with Gasteiger partial charge in [0.05, 0.1) is 7.11 Å². The van der Waals surface area contributed by atoms with Crippen LogP contribution in [0.15, 0.2) is 24.3 Å². The van der Waals surface area contributed by atoms with E-state index in [-0.39, 0.29) is 0 Å². The lowest BCUT2D eigenvalue weighted by atomic mass is 9.80. The first-order chi connectivity index (χ1) is 8.11. The topological polar surface area (TPSA) is 46.5 Å². The van der Waals surface area contributed by atoms with E-state index in [0.29, 0.717) is 5.92 Å². The summed E-state index contributed by atoms with van der Waals surface area (Å²) < 4.78 is 5.19. The van der Waals surface area contributed by atoms with Gasteiger partial charge in [0.25, 0.3) is 0 Å². The maximum Gasteiger partial charge on any atom is 0.328 e. The summed E-state index contributed by atoms with van der Waals surface area (Å²) in [4.78, 5) is 10.8. The molecule has 17 heavy (non-hydrogen) atoms. The van der Waals surface area contributed by atoms with E-state index >= 15 is 0 Å². The lowest BCUT2D eigenvalue weighted by molar-refractivity contribution is -0.131. The van der Waals surface area contributed by atoms with Crippen LogP contribution in [-0.4, -0.2) is 18.2 Å². The van der Waals surface area contributed by atoms with Crippen molar-refractivity contribution in [1.29, 1.82) is 0 Å². The molecule has 2 rings (SSSR count). The second-order valence-electron chi connectivity index (χ2n) is 4.40. The fraction of sp³-hybridized carbons (Fsp3) is 0.357. The minimum atomic E-state index is -0.879.